The smallest absolute Gasteiger partial charge is 0.0548 e. The average Bonchev–Trinajstić information content (AvgIpc) is 2.41. The van der Waals surface area contributed by atoms with Gasteiger partial charge in [0.15, 0.2) is 0 Å². The van der Waals surface area contributed by atoms with Crippen LogP contribution in [-0.2, 0) is 0 Å². The van der Waals surface area contributed by atoms with Crippen molar-refractivity contribution in [2.75, 3.05) is 6.54 Å². The molecule has 2 aliphatic heterocycles. The van der Waals surface area contributed by atoms with Crippen LogP contribution in [0, 0.1) is 5.92 Å². The predicted molar refractivity (Wildman–Crippen MR) is 55.0 cm³/mol. The number of hydrazine groups is 1. The van der Waals surface area contributed by atoms with Crippen molar-refractivity contribution < 1.29 is 0 Å². The molecule has 0 aliphatic carbocycles. The highest BCUT2D eigenvalue weighted by molar-refractivity contribution is 5.31. The van der Waals surface area contributed by atoms with Gasteiger partial charge in [-0.1, -0.05) is 13.8 Å². The number of hydrogen-bond donors (Lipinski definition) is 1. The summed E-state index contributed by atoms with van der Waals surface area (Å²) >= 11 is 0. The van der Waals surface area contributed by atoms with E-state index < -0.39 is 0 Å². The molecule has 1 N–H and O–H groups in total. The number of hydrogen-bond acceptors (Lipinski definition) is 2. The molecule has 1 saturated heterocycles. The predicted octanol–water partition coefficient (Wildman–Crippen LogP) is 2.29. The monoisotopic (exact) mass is 180 g/mol. The fourth-order valence-electron chi connectivity index (χ4n) is 2.89. The van der Waals surface area contributed by atoms with Crippen LogP contribution in [0.25, 0.3) is 0 Å². The number of nitrogens with one attached hydrogen (secondary N) is 1. The van der Waals surface area contributed by atoms with E-state index in [1.54, 1.807) is 11.3 Å². The zero-order chi connectivity index (χ0) is 9.64. The second-order valence-electron chi connectivity index (χ2n) is 5.01. The standard InChI is InChI=1S/C11H20N2/c1-8(2)10-9-6-5-7-13(9)12-11(10,3)4/h8,12H,5-7H2,1-4H3. The first-order chi connectivity index (χ1) is 6.02. The zero-order valence-electron chi connectivity index (χ0n) is 9.15. The molecule has 0 aromatic heterocycles. The molecule has 2 aliphatic rings. The Balaban J connectivity index is 2.39. The van der Waals surface area contributed by atoms with Gasteiger partial charge in [-0.3, -0.25) is 0 Å². The topological polar surface area (TPSA) is 15.3 Å². The van der Waals surface area contributed by atoms with E-state index in [-0.39, 0.29) is 5.54 Å². The van der Waals surface area contributed by atoms with Crippen molar-refractivity contribution in [2.45, 2.75) is 46.1 Å². The Bertz CT molecular complexity index is 251. The Morgan fingerprint density at radius 1 is 1.38 bits per heavy atom. The molecule has 2 nitrogen and oxygen atoms in total. The summed E-state index contributed by atoms with van der Waals surface area (Å²) in [5.74, 6) is 0.667. The number of rotatable bonds is 1. The lowest BCUT2D eigenvalue weighted by Gasteiger charge is -2.27. The van der Waals surface area contributed by atoms with Crippen LogP contribution < -0.4 is 5.43 Å². The molecule has 2 heterocycles. The zero-order valence-corrected chi connectivity index (χ0v) is 9.15. The molecule has 0 saturated carbocycles. The summed E-state index contributed by atoms with van der Waals surface area (Å²) in [5.41, 5.74) is 6.95. The van der Waals surface area contributed by atoms with Gasteiger partial charge >= 0.3 is 0 Å². The largest absolute Gasteiger partial charge is 0.312 e. The van der Waals surface area contributed by atoms with E-state index in [0.717, 1.165) is 0 Å². The highest BCUT2D eigenvalue weighted by Crippen LogP contribution is 2.39. The molecule has 0 amide bonds. The lowest BCUT2D eigenvalue weighted by atomic mass is 9.85. The van der Waals surface area contributed by atoms with E-state index in [1.807, 2.05) is 0 Å². The molecule has 0 spiro atoms. The Morgan fingerprint density at radius 2 is 2.08 bits per heavy atom. The van der Waals surface area contributed by atoms with Crippen molar-refractivity contribution in [3.63, 3.8) is 0 Å². The van der Waals surface area contributed by atoms with E-state index >= 15 is 0 Å². The highest BCUT2D eigenvalue weighted by Gasteiger charge is 2.39. The van der Waals surface area contributed by atoms with E-state index in [2.05, 4.69) is 38.1 Å². The van der Waals surface area contributed by atoms with Gasteiger partial charge in [0, 0.05) is 12.2 Å². The molecule has 0 aromatic rings. The molecule has 0 aromatic carbocycles. The molecule has 2 heteroatoms. The minimum atomic E-state index is 0.184. The van der Waals surface area contributed by atoms with E-state index in [4.69, 9.17) is 0 Å². The van der Waals surface area contributed by atoms with Gasteiger partial charge in [-0.05, 0) is 38.2 Å². The normalized spacial score (nSPS) is 26.1. The SMILES string of the molecule is CC(C)C1=C2CCCN2NC1(C)C. The van der Waals surface area contributed by atoms with Crippen molar-refractivity contribution in [3.8, 4) is 0 Å². The molecule has 13 heavy (non-hydrogen) atoms. The summed E-state index contributed by atoms with van der Waals surface area (Å²) in [6, 6.07) is 0. The third-order valence-electron chi connectivity index (χ3n) is 3.10. The summed E-state index contributed by atoms with van der Waals surface area (Å²) in [4.78, 5) is 0. The van der Waals surface area contributed by atoms with Crippen molar-refractivity contribution in [3.05, 3.63) is 11.3 Å². The molecule has 74 valence electrons. The van der Waals surface area contributed by atoms with Crippen molar-refractivity contribution in [1.29, 1.82) is 0 Å². The third-order valence-corrected chi connectivity index (χ3v) is 3.10. The highest BCUT2D eigenvalue weighted by atomic mass is 15.6. The van der Waals surface area contributed by atoms with Crippen LogP contribution in [0.15, 0.2) is 11.3 Å². The molecule has 2 rings (SSSR count). The van der Waals surface area contributed by atoms with Crippen LogP contribution in [-0.4, -0.2) is 17.1 Å². The Kier molecular flexibility index (Phi) is 1.91. The molecular weight excluding hydrogens is 160 g/mol. The first-order valence-electron chi connectivity index (χ1n) is 5.31. The van der Waals surface area contributed by atoms with Crippen LogP contribution in [0.3, 0.4) is 0 Å². The lowest BCUT2D eigenvalue weighted by molar-refractivity contribution is 0.241. The number of fused-ring (bicyclic) bond motifs is 1. The van der Waals surface area contributed by atoms with E-state index in [0.29, 0.717) is 5.92 Å². The van der Waals surface area contributed by atoms with Gasteiger partial charge in [-0.25, -0.2) is 5.43 Å². The van der Waals surface area contributed by atoms with Gasteiger partial charge in [0.05, 0.1) is 5.54 Å². The molecule has 0 radical (unpaired) electrons. The minimum Gasteiger partial charge on any atom is -0.312 e. The molecule has 0 unspecified atom stereocenters. The molecule has 0 atom stereocenters. The minimum absolute atomic E-state index is 0.184. The maximum Gasteiger partial charge on any atom is 0.0548 e. The quantitative estimate of drug-likeness (QED) is 0.666. The van der Waals surface area contributed by atoms with Crippen molar-refractivity contribution in [2.24, 2.45) is 5.92 Å². The maximum absolute atomic E-state index is 3.58. The lowest BCUT2D eigenvalue weighted by Crippen LogP contribution is -2.44. The maximum atomic E-state index is 3.58. The van der Waals surface area contributed by atoms with Gasteiger partial charge in [0.2, 0.25) is 0 Å². The first kappa shape index (κ1) is 9.07. The molecular formula is C11H20N2. The van der Waals surface area contributed by atoms with Crippen LogP contribution in [0.5, 0.6) is 0 Å². The number of nitrogens with zero attached hydrogens (tertiary/aromatic N) is 1. The first-order valence-corrected chi connectivity index (χ1v) is 5.31. The summed E-state index contributed by atoms with van der Waals surface area (Å²) in [6.45, 7) is 10.4. The van der Waals surface area contributed by atoms with Gasteiger partial charge in [0.25, 0.3) is 0 Å². The van der Waals surface area contributed by atoms with Crippen molar-refractivity contribution >= 4 is 0 Å². The second-order valence-corrected chi connectivity index (χ2v) is 5.01. The molecule has 1 fully saturated rings. The van der Waals surface area contributed by atoms with Crippen molar-refractivity contribution in [1.82, 2.24) is 10.4 Å². The third kappa shape index (κ3) is 1.28. The molecule has 0 bridgehead atoms. The fraction of sp³-hybridized carbons (Fsp3) is 0.818. The Morgan fingerprint density at radius 3 is 2.69 bits per heavy atom. The fourth-order valence-corrected chi connectivity index (χ4v) is 2.89. The summed E-state index contributed by atoms with van der Waals surface area (Å²) in [5, 5.41) is 2.36. The Hall–Kier alpha value is -0.500. The van der Waals surface area contributed by atoms with Crippen LogP contribution in [0.4, 0.5) is 0 Å². The van der Waals surface area contributed by atoms with Crippen LogP contribution in [0.1, 0.15) is 40.5 Å². The van der Waals surface area contributed by atoms with E-state index in [9.17, 15) is 0 Å². The number of allylic oxidation sites excluding steroid dienone is 1. The van der Waals surface area contributed by atoms with E-state index in [1.165, 1.54) is 19.4 Å². The summed E-state index contributed by atoms with van der Waals surface area (Å²) < 4.78 is 0. The van der Waals surface area contributed by atoms with Gasteiger partial charge in [-0.15, -0.1) is 0 Å². The Labute approximate surface area is 81.0 Å². The summed E-state index contributed by atoms with van der Waals surface area (Å²) in [7, 11) is 0. The van der Waals surface area contributed by atoms with Gasteiger partial charge < -0.3 is 5.01 Å². The van der Waals surface area contributed by atoms with Crippen LogP contribution >= 0.6 is 0 Å². The van der Waals surface area contributed by atoms with Crippen LogP contribution in [0.2, 0.25) is 0 Å². The average molecular weight is 180 g/mol. The van der Waals surface area contributed by atoms with Gasteiger partial charge in [-0.2, -0.15) is 0 Å². The second kappa shape index (κ2) is 2.74. The van der Waals surface area contributed by atoms with Gasteiger partial charge in [0.1, 0.15) is 0 Å². The summed E-state index contributed by atoms with van der Waals surface area (Å²) in [6.07, 6.45) is 2.58.